The number of carbonyl (C=O) groups is 1. The average molecular weight is 302 g/mol. The van der Waals surface area contributed by atoms with Crippen molar-refractivity contribution in [3.63, 3.8) is 0 Å². The molecule has 0 N–H and O–H groups in total. The number of rotatable bonds is 5. The van der Waals surface area contributed by atoms with E-state index in [1.165, 1.54) is 13.2 Å². The summed E-state index contributed by atoms with van der Waals surface area (Å²) >= 11 is 0. The van der Waals surface area contributed by atoms with Gasteiger partial charge in [0.15, 0.2) is 0 Å². The van der Waals surface area contributed by atoms with Crippen LogP contribution in [0.1, 0.15) is 19.4 Å². The van der Waals surface area contributed by atoms with Crippen molar-refractivity contribution in [2.24, 2.45) is 5.92 Å². The molecule has 116 valence electrons. The minimum Gasteiger partial charge on any atom is -0.496 e. The van der Waals surface area contributed by atoms with Crippen LogP contribution in [0, 0.1) is 5.92 Å². The molecule has 0 atom stereocenters. The quantitative estimate of drug-likeness (QED) is 0.627. The van der Waals surface area contributed by atoms with Gasteiger partial charge >= 0.3 is 11.6 Å². The Labute approximate surface area is 128 Å². The van der Waals surface area contributed by atoms with Crippen molar-refractivity contribution < 1.29 is 18.7 Å². The van der Waals surface area contributed by atoms with Gasteiger partial charge in [-0.15, -0.1) is 0 Å². The summed E-state index contributed by atoms with van der Waals surface area (Å²) in [6.07, 6.45) is 0. The third kappa shape index (κ3) is 3.19. The zero-order chi connectivity index (χ0) is 16.3. The van der Waals surface area contributed by atoms with Crippen LogP contribution in [-0.4, -0.2) is 19.7 Å². The van der Waals surface area contributed by atoms with Gasteiger partial charge in [0.1, 0.15) is 17.9 Å². The van der Waals surface area contributed by atoms with Crippen molar-refractivity contribution in [2.75, 3.05) is 13.7 Å². The number of hydrogen-bond acceptors (Lipinski definition) is 5. The number of fused-ring (bicyclic) bond motifs is 1. The van der Waals surface area contributed by atoms with E-state index in [1.807, 2.05) is 0 Å². The van der Waals surface area contributed by atoms with Crippen LogP contribution < -0.4 is 10.4 Å². The summed E-state index contributed by atoms with van der Waals surface area (Å²) in [5.41, 5.74) is 0.950. The number of hydrogen-bond donors (Lipinski definition) is 0. The normalized spacial score (nSPS) is 10.7. The van der Waals surface area contributed by atoms with Gasteiger partial charge in [0.2, 0.25) is 0 Å². The average Bonchev–Trinajstić information content (AvgIpc) is 2.50. The lowest BCUT2D eigenvalue weighted by Crippen LogP contribution is -2.13. The maximum Gasteiger partial charge on any atom is 0.336 e. The fourth-order valence-corrected chi connectivity index (χ4v) is 2.02. The van der Waals surface area contributed by atoms with E-state index in [0.29, 0.717) is 22.5 Å². The summed E-state index contributed by atoms with van der Waals surface area (Å²) in [5, 5.41) is 0.742. The SMILES string of the molecule is C=C(COC(=O)C(C)C)c1c(OC)ccc2ccc(=O)oc12. The lowest BCUT2D eigenvalue weighted by Gasteiger charge is -2.14. The molecule has 0 aliphatic carbocycles. The molecule has 5 nitrogen and oxygen atoms in total. The highest BCUT2D eigenvalue weighted by Crippen LogP contribution is 2.32. The number of carbonyl (C=O) groups excluding carboxylic acids is 1. The second-order valence-electron chi connectivity index (χ2n) is 5.18. The lowest BCUT2D eigenvalue weighted by atomic mass is 10.0. The molecule has 0 bridgehead atoms. The molecule has 1 aromatic carbocycles. The summed E-state index contributed by atoms with van der Waals surface area (Å²) in [5.74, 6) is -0.0330. The fourth-order valence-electron chi connectivity index (χ4n) is 2.02. The third-order valence-corrected chi connectivity index (χ3v) is 3.19. The molecule has 0 unspecified atom stereocenters. The van der Waals surface area contributed by atoms with Gasteiger partial charge in [0, 0.05) is 11.5 Å². The van der Waals surface area contributed by atoms with Crippen molar-refractivity contribution in [1.82, 2.24) is 0 Å². The molecule has 0 spiro atoms. The number of benzene rings is 1. The molecule has 2 rings (SSSR count). The second kappa shape index (κ2) is 6.47. The van der Waals surface area contributed by atoms with Crippen LogP contribution in [0.2, 0.25) is 0 Å². The zero-order valence-corrected chi connectivity index (χ0v) is 12.8. The third-order valence-electron chi connectivity index (χ3n) is 3.19. The summed E-state index contributed by atoms with van der Waals surface area (Å²) < 4.78 is 15.8. The standard InChI is InChI=1S/C17H18O5/c1-10(2)17(19)21-9-11(3)15-13(20-4)7-5-12-6-8-14(18)22-16(12)15/h5-8,10H,3,9H2,1-2,4H3. The van der Waals surface area contributed by atoms with Gasteiger partial charge in [-0.3, -0.25) is 4.79 Å². The first-order chi connectivity index (χ1) is 10.4. The first kappa shape index (κ1) is 15.8. The molecule has 0 saturated heterocycles. The van der Waals surface area contributed by atoms with Gasteiger partial charge in [-0.1, -0.05) is 20.4 Å². The lowest BCUT2D eigenvalue weighted by molar-refractivity contribution is -0.145. The van der Waals surface area contributed by atoms with Gasteiger partial charge < -0.3 is 13.9 Å². The van der Waals surface area contributed by atoms with Crippen LogP contribution in [0.4, 0.5) is 0 Å². The van der Waals surface area contributed by atoms with Gasteiger partial charge in [0.05, 0.1) is 18.6 Å². The molecule has 0 amide bonds. The topological polar surface area (TPSA) is 65.7 Å². The summed E-state index contributed by atoms with van der Waals surface area (Å²) in [6.45, 7) is 7.44. The van der Waals surface area contributed by atoms with E-state index in [0.717, 1.165) is 5.39 Å². The molecule has 1 heterocycles. The van der Waals surface area contributed by atoms with Crippen LogP contribution in [0.15, 0.2) is 40.1 Å². The van der Waals surface area contributed by atoms with E-state index in [1.54, 1.807) is 32.0 Å². The zero-order valence-electron chi connectivity index (χ0n) is 12.8. The van der Waals surface area contributed by atoms with Crippen molar-refractivity contribution in [3.05, 3.63) is 46.8 Å². The smallest absolute Gasteiger partial charge is 0.336 e. The Morgan fingerprint density at radius 2 is 1.95 bits per heavy atom. The monoisotopic (exact) mass is 302 g/mol. The second-order valence-corrected chi connectivity index (χ2v) is 5.18. The molecule has 5 heteroatoms. The highest BCUT2D eigenvalue weighted by molar-refractivity contribution is 5.92. The van der Waals surface area contributed by atoms with E-state index < -0.39 is 5.63 Å². The van der Waals surface area contributed by atoms with Crippen molar-refractivity contribution in [1.29, 1.82) is 0 Å². The molecule has 22 heavy (non-hydrogen) atoms. The molecule has 2 aromatic rings. The first-order valence-electron chi connectivity index (χ1n) is 6.89. The molecule has 0 fully saturated rings. The highest BCUT2D eigenvalue weighted by atomic mass is 16.5. The maximum atomic E-state index is 11.6. The summed E-state index contributed by atoms with van der Waals surface area (Å²) in [4.78, 5) is 23.1. The Morgan fingerprint density at radius 3 is 2.59 bits per heavy atom. The number of esters is 1. The van der Waals surface area contributed by atoms with E-state index in [-0.39, 0.29) is 18.5 Å². The van der Waals surface area contributed by atoms with Crippen LogP contribution in [-0.2, 0) is 9.53 Å². The molecular weight excluding hydrogens is 284 g/mol. The van der Waals surface area contributed by atoms with Crippen molar-refractivity contribution >= 4 is 22.5 Å². The summed E-state index contributed by atoms with van der Waals surface area (Å²) in [7, 11) is 1.51. The predicted molar refractivity (Wildman–Crippen MR) is 83.9 cm³/mol. The van der Waals surface area contributed by atoms with E-state index in [4.69, 9.17) is 13.9 Å². The molecule has 0 saturated carbocycles. The van der Waals surface area contributed by atoms with E-state index in [2.05, 4.69) is 6.58 Å². The van der Waals surface area contributed by atoms with Crippen LogP contribution in [0.3, 0.4) is 0 Å². The van der Waals surface area contributed by atoms with Crippen molar-refractivity contribution in [2.45, 2.75) is 13.8 Å². The Morgan fingerprint density at radius 1 is 1.27 bits per heavy atom. The Balaban J connectivity index is 2.43. The molecule has 0 radical (unpaired) electrons. The first-order valence-corrected chi connectivity index (χ1v) is 6.89. The molecule has 0 aliphatic rings. The Kier molecular flexibility index (Phi) is 4.65. The number of ether oxygens (including phenoxy) is 2. The minimum atomic E-state index is -0.464. The van der Waals surface area contributed by atoms with Crippen LogP contribution in [0.25, 0.3) is 16.5 Å². The van der Waals surface area contributed by atoms with Gasteiger partial charge in [0.25, 0.3) is 0 Å². The fraction of sp³-hybridized carbons (Fsp3) is 0.294. The predicted octanol–water partition coefficient (Wildman–Crippen LogP) is 3.01. The van der Waals surface area contributed by atoms with Gasteiger partial charge in [-0.2, -0.15) is 0 Å². The van der Waals surface area contributed by atoms with E-state index >= 15 is 0 Å². The Bertz CT molecular complexity index is 770. The molecule has 1 aromatic heterocycles. The van der Waals surface area contributed by atoms with Crippen LogP contribution in [0.5, 0.6) is 5.75 Å². The largest absolute Gasteiger partial charge is 0.496 e. The van der Waals surface area contributed by atoms with Gasteiger partial charge in [-0.25, -0.2) is 4.79 Å². The maximum absolute atomic E-state index is 11.6. The Hall–Kier alpha value is -2.56. The van der Waals surface area contributed by atoms with Crippen LogP contribution >= 0.6 is 0 Å². The summed E-state index contributed by atoms with van der Waals surface area (Å²) in [6, 6.07) is 6.55. The molecular formula is C17H18O5. The number of methoxy groups -OCH3 is 1. The van der Waals surface area contributed by atoms with E-state index in [9.17, 15) is 9.59 Å². The highest BCUT2D eigenvalue weighted by Gasteiger charge is 2.16. The molecule has 0 aliphatic heterocycles. The van der Waals surface area contributed by atoms with Gasteiger partial charge in [-0.05, 0) is 23.8 Å². The van der Waals surface area contributed by atoms with Crippen molar-refractivity contribution in [3.8, 4) is 5.75 Å². The minimum absolute atomic E-state index is 0.00505.